The van der Waals surface area contributed by atoms with Crippen LogP contribution in [0.5, 0.6) is 5.75 Å². The van der Waals surface area contributed by atoms with E-state index >= 15 is 0 Å². The average Bonchev–Trinajstić information content (AvgIpc) is 3.15. The van der Waals surface area contributed by atoms with Gasteiger partial charge in [0.2, 0.25) is 0 Å². The van der Waals surface area contributed by atoms with Gasteiger partial charge in [-0.05, 0) is 41.3 Å². The Morgan fingerprint density at radius 3 is 2.86 bits per heavy atom. The number of benzene rings is 1. The molecule has 0 spiro atoms. The summed E-state index contributed by atoms with van der Waals surface area (Å²) in [6.07, 6.45) is 8.81. The van der Waals surface area contributed by atoms with E-state index in [2.05, 4.69) is 31.2 Å². The first-order valence-corrected chi connectivity index (χ1v) is 7.88. The first kappa shape index (κ1) is 13.5. The molecule has 2 heterocycles. The fraction of sp³-hybridized carbons (Fsp3) is 0.267. The fourth-order valence-corrected chi connectivity index (χ4v) is 3.34. The molecule has 3 aromatic rings. The van der Waals surface area contributed by atoms with Crippen molar-refractivity contribution in [2.45, 2.75) is 25.7 Å². The lowest BCUT2D eigenvalue weighted by Gasteiger charge is -2.10. The summed E-state index contributed by atoms with van der Waals surface area (Å²) in [7, 11) is 0. The molecular formula is C15H13BrN4O2. The molecule has 0 bridgehead atoms. The Hall–Kier alpha value is -2.15. The molecule has 1 N–H and O–H groups in total. The molecule has 0 aliphatic heterocycles. The molecule has 22 heavy (non-hydrogen) atoms. The van der Waals surface area contributed by atoms with Crippen molar-refractivity contribution >= 4 is 33.1 Å². The maximum Gasteiger partial charge on any atom is 0.141 e. The number of halogens is 1. The molecule has 1 aliphatic rings. The van der Waals surface area contributed by atoms with Crippen LogP contribution in [0.4, 0.5) is 0 Å². The molecule has 4 rings (SSSR count). The normalized spacial score (nSPS) is 14.8. The largest absolute Gasteiger partial charge is 0.506 e. The van der Waals surface area contributed by atoms with E-state index in [1.807, 2.05) is 6.07 Å². The summed E-state index contributed by atoms with van der Waals surface area (Å²) in [6.45, 7) is 0. The van der Waals surface area contributed by atoms with Gasteiger partial charge in [-0.15, -0.1) is 10.2 Å². The van der Waals surface area contributed by atoms with Crippen molar-refractivity contribution < 1.29 is 9.52 Å². The number of phenols is 1. The quantitative estimate of drug-likeness (QED) is 0.711. The number of nitrogens with zero attached hydrogens (tertiary/aromatic N) is 4. The minimum absolute atomic E-state index is 0.165. The van der Waals surface area contributed by atoms with Crippen molar-refractivity contribution in [3.63, 3.8) is 0 Å². The van der Waals surface area contributed by atoms with Gasteiger partial charge in [0.25, 0.3) is 0 Å². The molecule has 0 atom stereocenters. The topological polar surface area (TPSA) is 76.4 Å². The van der Waals surface area contributed by atoms with Crippen LogP contribution in [0.1, 0.15) is 29.7 Å². The standard InChI is InChI=1S/C15H13BrN4O2/c16-11-5-13-14(9-3-1-2-4-12(9)22-13)10(15(11)21)6-19-20-7-17-18-8-20/h5-8,21H,1-4H2/b19-6+. The molecule has 0 unspecified atom stereocenters. The number of hydrogen-bond donors (Lipinski definition) is 1. The van der Waals surface area contributed by atoms with Gasteiger partial charge in [0.1, 0.15) is 29.7 Å². The Morgan fingerprint density at radius 2 is 2.05 bits per heavy atom. The second-order valence-electron chi connectivity index (χ2n) is 5.29. The molecule has 2 aromatic heterocycles. The van der Waals surface area contributed by atoms with Gasteiger partial charge in [-0.3, -0.25) is 0 Å². The van der Waals surface area contributed by atoms with Crippen LogP contribution in [0.25, 0.3) is 11.0 Å². The van der Waals surface area contributed by atoms with Crippen LogP contribution in [-0.4, -0.2) is 26.2 Å². The molecule has 0 amide bonds. The highest BCUT2D eigenvalue weighted by atomic mass is 79.9. The SMILES string of the molecule is Oc1c(Br)cc2oc3c(c2c1/C=N/n1cnnc1)CCCC3. The van der Waals surface area contributed by atoms with Crippen LogP contribution in [-0.2, 0) is 12.8 Å². The molecule has 6 nitrogen and oxygen atoms in total. The van der Waals surface area contributed by atoms with Gasteiger partial charge in [-0.1, -0.05) is 0 Å². The zero-order valence-electron chi connectivity index (χ0n) is 11.7. The van der Waals surface area contributed by atoms with Crippen LogP contribution < -0.4 is 0 Å². The molecule has 7 heteroatoms. The number of hydrogen-bond acceptors (Lipinski definition) is 5. The van der Waals surface area contributed by atoms with Crippen molar-refractivity contribution in [1.29, 1.82) is 0 Å². The third kappa shape index (κ3) is 2.12. The molecule has 0 saturated heterocycles. The van der Waals surface area contributed by atoms with Gasteiger partial charge in [0.15, 0.2) is 0 Å². The molecule has 1 aliphatic carbocycles. The van der Waals surface area contributed by atoms with E-state index < -0.39 is 0 Å². The van der Waals surface area contributed by atoms with Crippen molar-refractivity contribution in [2.75, 3.05) is 0 Å². The van der Waals surface area contributed by atoms with Crippen LogP contribution in [0.2, 0.25) is 0 Å². The van der Waals surface area contributed by atoms with Crippen molar-refractivity contribution in [3.8, 4) is 5.75 Å². The second kappa shape index (κ2) is 5.24. The summed E-state index contributed by atoms with van der Waals surface area (Å²) < 4.78 is 8.05. The van der Waals surface area contributed by atoms with E-state index in [-0.39, 0.29) is 5.75 Å². The van der Waals surface area contributed by atoms with Crippen LogP contribution in [0.15, 0.2) is 32.7 Å². The molecular weight excluding hydrogens is 348 g/mol. The number of phenolic OH excluding ortho intramolecular Hbond substituents is 1. The first-order valence-electron chi connectivity index (χ1n) is 7.08. The highest BCUT2D eigenvalue weighted by molar-refractivity contribution is 9.10. The van der Waals surface area contributed by atoms with E-state index in [1.165, 1.54) is 22.9 Å². The summed E-state index contributed by atoms with van der Waals surface area (Å²) in [5.41, 5.74) is 2.63. The van der Waals surface area contributed by atoms with Crippen molar-refractivity contribution in [3.05, 3.63) is 40.1 Å². The van der Waals surface area contributed by atoms with Crippen LogP contribution >= 0.6 is 15.9 Å². The van der Waals surface area contributed by atoms with Crippen LogP contribution in [0.3, 0.4) is 0 Å². The van der Waals surface area contributed by atoms with E-state index in [0.717, 1.165) is 42.4 Å². The van der Waals surface area contributed by atoms with E-state index in [1.54, 1.807) is 6.21 Å². The van der Waals surface area contributed by atoms with Gasteiger partial charge in [-0.2, -0.15) is 5.10 Å². The zero-order valence-corrected chi connectivity index (χ0v) is 13.2. The highest BCUT2D eigenvalue weighted by Gasteiger charge is 2.22. The van der Waals surface area contributed by atoms with E-state index in [4.69, 9.17) is 4.42 Å². The minimum atomic E-state index is 0.165. The number of fused-ring (bicyclic) bond motifs is 3. The average molecular weight is 361 g/mol. The van der Waals surface area contributed by atoms with Gasteiger partial charge < -0.3 is 9.52 Å². The lowest BCUT2D eigenvalue weighted by molar-refractivity contribution is 0.471. The monoisotopic (exact) mass is 360 g/mol. The Balaban J connectivity index is 1.94. The summed E-state index contributed by atoms with van der Waals surface area (Å²) in [4.78, 5) is 0. The molecule has 0 radical (unpaired) electrons. The maximum absolute atomic E-state index is 10.4. The Labute approximate surface area is 134 Å². The summed E-state index contributed by atoms with van der Waals surface area (Å²) >= 11 is 3.38. The third-order valence-electron chi connectivity index (χ3n) is 3.93. The number of aromatic hydroxyl groups is 1. The van der Waals surface area contributed by atoms with E-state index in [9.17, 15) is 5.11 Å². The van der Waals surface area contributed by atoms with Gasteiger partial charge in [0, 0.05) is 22.9 Å². The molecule has 112 valence electrons. The number of aryl methyl sites for hydroxylation is 2. The summed E-state index contributed by atoms with van der Waals surface area (Å²) in [5.74, 6) is 1.19. The lowest BCUT2D eigenvalue weighted by atomic mass is 9.94. The van der Waals surface area contributed by atoms with E-state index in [0.29, 0.717) is 10.0 Å². The molecule has 0 fully saturated rings. The second-order valence-corrected chi connectivity index (χ2v) is 6.15. The third-order valence-corrected chi connectivity index (χ3v) is 4.54. The minimum Gasteiger partial charge on any atom is -0.506 e. The van der Waals surface area contributed by atoms with Crippen molar-refractivity contribution in [2.24, 2.45) is 5.10 Å². The van der Waals surface area contributed by atoms with Crippen LogP contribution in [0, 0.1) is 0 Å². The number of aromatic nitrogens is 3. The van der Waals surface area contributed by atoms with Gasteiger partial charge in [-0.25, -0.2) is 4.68 Å². The number of rotatable bonds is 2. The van der Waals surface area contributed by atoms with Crippen molar-refractivity contribution in [1.82, 2.24) is 14.9 Å². The summed E-state index contributed by atoms with van der Waals surface area (Å²) in [5, 5.41) is 23.0. The zero-order chi connectivity index (χ0) is 15.1. The molecule has 0 saturated carbocycles. The van der Waals surface area contributed by atoms with Gasteiger partial charge >= 0.3 is 0 Å². The first-order chi connectivity index (χ1) is 10.7. The Kier molecular flexibility index (Phi) is 3.22. The predicted molar refractivity (Wildman–Crippen MR) is 85.2 cm³/mol. The smallest absolute Gasteiger partial charge is 0.141 e. The number of furan rings is 1. The van der Waals surface area contributed by atoms with Gasteiger partial charge in [0.05, 0.1) is 10.7 Å². The molecule has 1 aromatic carbocycles. The predicted octanol–water partition coefficient (Wildman–Crippen LogP) is 3.25. The highest BCUT2D eigenvalue weighted by Crippen LogP contribution is 2.40. The lowest BCUT2D eigenvalue weighted by Crippen LogP contribution is -2.00. The summed E-state index contributed by atoms with van der Waals surface area (Å²) in [6, 6.07) is 1.82. The maximum atomic E-state index is 10.4. The Morgan fingerprint density at radius 1 is 1.27 bits per heavy atom. The fourth-order valence-electron chi connectivity index (χ4n) is 2.92. The Bertz CT molecular complexity index is 868.